The second kappa shape index (κ2) is 10.4. The van der Waals surface area contributed by atoms with Gasteiger partial charge in [-0.05, 0) is 53.0 Å². The first-order valence-electron chi connectivity index (χ1n) is 9.27. The van der Waals surface area contributed by atoms with Crippen LogP contribution < -0.4 is 14.4 Å². The van der Waals surface area contributed by atoms with Crippen molar-refractivity contribution in [1.82, 2.24) is 14.9 Å². The van der Waals surface area contributed by atoms with Crippen LogP contribution in [0, 0.1) is 13.8 Å². The van der Waals surface area contributed by atoms with E-state index >= 15 is 0 Å². The van der Waals surface area contributed by atoms with Crippen molar-refractivity contribution in [2.24, 2.45) is 0 Å². The van der Waals surface area contributed by atoms with Gasteiger partial charge in [-0.2, -0.15) is 0 Å². The van der Waals surface area contributed by atoms with E-state index in [1.807, 2.05) is 40.1 Å². The first-order valence-corrected chi connectivity index (χ1v) is 10.9. The van der Waals surface area contributed by atoms with Crippen molar-refractivity contribution < 1.29 is 14.3 Å². The number of benzene rings is 1. The summed E-state index contributed by atoms with van der Waals surface area (Å²) in [6.45, 7) is 5.23. The highest BCUT2D eigenvalue weighted by Crippen LogP contribution is 2.40. The van der Waals surface area contributed by atoms with Gasteiger partial charge in [0.1, 0.15) is 26.6 Å². The Balaban J connectivity index is 0.00000320. The van der Waals surface area contributed by atoms with Crippen LogP contribution in [0.3, 0.4) is 0 Å². The average Bonchev–Trinajstić information content (AvgIpc) is 3.26. The molecule has 0 atom stereocenters. The number of nitrogens with zero attached hydrogens (tertiary/aromatic N) is 4. The van der Waals surface area contributed by atoms with Gasteiger partial charge < -0.3 is 14.4 Å². The summed E-state index contributed by atoms with van der Waals surface area (Å²) in [5, 5.41) is 1.52. The Hall–Kier alpha value is -1.94. The fraction of sp³-hybridized carbons (Fsp3) is 0.450. The number of hydrogen-bond donors (Lipinski definition) is 0. The van der Waals surface area contributed by atoms with Crippen molar-refractivity contribution in [2.75, 3.05) is 46.3 Å². The zero-order chi connectivity index (χ0) is 21.1. The van der Waals surface area contributed by atoms with Gasteiger partial charge in [0.2, 0.25) is 0 Å². The number of carbonyl (C=O) groups excluding carboxylic acids is 1. The fourth-order valence-electron chi connectivity index (χ4n) is 3.07. The zero-order valence-electron chi connectivity index (χ0n) is 18.0. The summed E-state index contributed by atoms with van der Waals surface area (Å²) in [6, 6.07) is 3.69. The molecule has 10 heteroatoms. The van der Waals surface area contributed by atoms with Crippen LogP contribution in [0.1, 0.15) is 26.8 Å². The number of methoxy groups -OCH3 is 2. The number of aromatic nitrogens is 2. The second-order valence-electron chi connectivity index (χ2n) is 6.91. The molecule has 1 amide bonds. The topological polar surface area (TPSA) is 67.8 Å². The van der Waals surface area contributed by atoms with Crippen LogP contribution in [0.25, 0.3) is 10.2 Å². The predicted molar refractivity (Wildman–Crippen MR) is 126 cm³/mol. The van der Waals surface area contributed by atoms with E-state index in [9.17, 15) is 4.79 Å². The number of carbonyl (C=O) groups is 1. The summed E-state index contributed by atoms with van der Waals surface area (Å²) >= 11 is 2.86. The van der Waals surface area contributed by atoms with Crippen molar-refractivity contribution in [3.05, 3.63) is 27.7 Å². The van der Waals surface area contributed by atoms with Gasteiger partial charge in [0.15, 0.2) is 5.13 Å². The quantitative estimate of drug-likeness (QED) is 0.485. The summed E-state index contributed by atoms with van der Waals surface area (Å²) in [7, 11) is 7.29. The highest BCUT2D eigenvalue weighted by molar-refractivity contribution is 7.23. The van der Waals surface area contributed by atoms with Crippen LogP contribution in [0.2, 0.25) is 0 Å². The normalized spacial score (nSPS) is 10.9. The highest BCUT2D eigenvalue weighted by Gasteiger charge is 2.26. The maximum atomic E-state index is 13.4. The maximum absolute atomic E-state index is 13.4. The monoisotopic (exact) mass is 470 g/mol. The van der Waals surface area contributed by atoms with E-state index < -0.39 is 0 Å². The third kappa shape index (κ3) is 5.03. The van der Waals surface area contributed by atoms with E-state index in [1.165, 1.54) is 22.7 Å². The number of ether oxygens (including phenoxy) is 2. The molecule has 2 aromatic heterocycles. The Kier molecular flexibility index (Phi) is 8.42. The lowest BCUT2D eigenvalue weighted by atomic mass is 10.3. The smallest absolute Gasteiger partial charge is 0.272 e. The van der Waals surface area contributed by atoms with E-state index in [-0.39, 0.29) is 18.3 Å². The van der Waals surface area contributed by atoms with Crippen molar-refractivity contribution in [3.8, 4) is 11.5 Å². The molecule has 30 heavy (non-hydrogen) atoms. The molecule has 0 spiro atoms. The number of rotatable bonds is 8. The Morgan fingerprint density at radius 2 is 1.70 bits per heavy atom. The summed E-state index contributed by atoms with van der Waals surface area (Å²) in [5.74, 6) is 1.31. The SMILES string of the molecule is COc1ccc(OC)c2sc(N(CCCN(C)C)C(=O)c3sc(C)nc3C)nc12.Cl. The number of hydrogen-bond acceptors (Lipinski definition) is 8. The predicted octanol–water partition coefficient (Wildman–Crippen LogP) is 4.41. The Labute approximate surface area is 191 Å². The van der Waals surface area contributed by atoms with Gasteiger partial charge in [-0.25, -0.2) is 9.97 Å². The van der Waals surface area contributed by atoms with E-state index in [1.54, 1.807) is 19.1 Å². The number of fused-ring (bicyclic) bond motifs is 1. The average molecular weight is 471 g/mol. The molecular formula is C20H27ClN4O3S2. The molecule has 0 saturated heterocycles. The largest absolute Gasteiger partial charge is 0.495 e. The van der Waals surface area contributed by atoms with E-state index in [0.717, 1.165) is 34.1 Å². The first kappa shape index (κ1) is 24.3. The molecule has 164 valence electrons. The Morgan fingerprint density at radius 1 is 1.03 bits per heavy atom. The third-order valence-electron chi connectivity index (χ3n) is 4.46. The third-order valence-corrected chi connectivity index (χ3v) is 6.61. The summed E-state index contributed by atoms with van der Waals surface area (Å²) < 4.78 is 11.8. The minimum Gasteiger partial charge on any atom is -0.495 e. The molecule has 0 N–H and O–H groups in total. The summed E-state index contributed by atoms with van der Waals surface area (Å²) in [6.07, 6.45) is 0.833. The van der Waals surface area contributed by atoms with Crippen LogP contribution >= 0.6 is 35.1 Å². The molecule has 0 radical (unpaired) electrons. The van der Waals surface area contributed by atoms with Gasteiger partial charge in [0.05, 0.1) is 24.9 Å². The standard InChI is InChI=1S/C20H26N4O3S2.ClH/c1-12-17(28-13(2)21-12)19(25)24(11-7-10-23(3)4)20-22-16-14(26-5)8-9-15(27-6)18(16)29-20;/h8-9H,7,10-11H2,1-6H3;1H. The van der Waals surface area contributed by atoms with Crippen molar-refractivity contribution in [2.45, 2.75) is 20.3 Å². The molecule has 3 aromatic rings. The lowest BCUT2D eigenvalue weighted by Crippen LogP contribution is -2.33. The minimum atomic E-state index is -0.0659. The summed E-state index contributed by atoms with van der Waals surface area (Å²) in [4.78, 5) is 27.1. The van der Waals surface area contributed by atoms with Gasteiger partial charge in [-0.3, -0.25) is 9.69 Å². The molecule has 0 fully saturated rings. The van der Waals surface area contributed by atoms with Gasteiger partial charge in [0, 0.05) is 6.54 Å². The van der Waals surface area contributed by atoms with Gasteiger partial charge in [-0.1, -0.05) is 11.3 Å². The molecule has 3 rings (SSSR count). The molecular weight excluding hydrogens is 444 g/mol. The molecule has 0 unspecified atom stereocenters. The first-order chi connectivity index (χ1) is 13.8. The van der Waals surface area contributed by atoms with Crippen molar-refractivity contribution in [3.63, 3.8) is 0 Å². The highest BCUT2D eigenvalue weighted by atomic mass is 35.5. The molecule has 1 aromatic carbocycles. The van der Waals surface area contributed by atoms with E-state index in [4.69, 9.17) is 14.5 Å². The van der Waals surface area contributed by atoms with Gasteiger partial charge in [0.25, 0.3) is 5.91 Å². The maximum Gasteiger partial charge on any atom is 0.272 e. The van der Waals surface area contributed by atoms with Crippen LogP contribution in [0.4, 0.5) is 5.13 Å². The number of halogens is 1. The molecule has 0 aliphatic rings. The van der Waals surface area contributed by atoms with Crippen LogP contribution in [0.5, 0.6) is 11.5 Å². The van der Waals surface area contributed by atoms with E-state index in [0.29, 0.717) is 27.8 Å². The lowest BCUT2D eigenvalue weighted by molar-refractivity contribution is 0.0989. The second-order valence-corrected chi connectivity index (χ2v) is 9.09. The number of thiazole rings is 2. The lowest BCUT2D eigenvalue weighted by Gasteiger charge is -2.20. The fourth-order valence-corrected chi connectivity index (χ4v) is 5.04. The minimum absolute atomic E-state index is 0. The molecule has 0 aliphatic heterocycles. The molecule has 0 aliphatic carbocycles. The number of amides is 1. The molecule has 2 heterocycles. The van der Waals surface area contributed by atoms with Crippen molar-refractivity contribution in [1.29, 1.82) is 0 Å². The molecule has 0 saturated carbocycles. The Morgan fingerprint density at radius 3 is 2.27 bits per heavy atom. The van der Waals surface area contributed by atoms with Crippen molar-refractivity contribution >= 4 is 56.3 Å². The van der Waals surface area contributed by atoms with Gasteiger partial charge in [-0.15, -0.1) is 23.7 Å². The zero-order valence-corrected chi connectivity index (χ0v) is 20.5. The van der Waals surface area contributed by atoms with Crippen LogP contribution in [-0.2, 0) is 0 Å². The van der Waals surface area contributed by atoms with Crippen LogP contribution in [-0.4, -0.2) is 62.2 Å². The Bertz CT molecular complexity index is 978. The van der Waals surface area contributed by atoms with Gasteiger partial charge >= 0.3 is 0 Å². The van der Waals surface area contributed by atoms with E-state index in [2.05, 4.69) is 9.88 Å². The number of anilines is 1. The molecule has 7 nitrogen and oxygen atoms in total. The number of aryl methyl sites for hydroxylation is 2. The molecule has 0 bridgehead atoms. The summed E-state index contributed by atoms with van der Waals surface area (Å²) in [5.41, 5.74) is 1.46. The van der Waals surface area contributed by atoms with Crippen LogP contribution in [0.15, 0.2) is 12.1 Å².